The quantitative estimate of drug-likeness (QED) is 0.438. The van der Waals surface area contributed by atoms with Crippen LogP contribution in [0.15, 0.2) is 42.6 Å². The Morgan fingerprint density at radius 3 is 2.58 bits per heavy atom. The van der Waals surface area contributed by atoms with Gasteiger partial charge in [0.05, 0.1) is 36.7 Å². The van der Waals surface area contributed by atoms with Crippen molar-refractivity contribution in [3.8, 4) is 11.3 Å². The highest BCUT2D eigenvalue weighted by molar-refractivity contribution is 5.99. The van der Waals surface area contributed by atoms with E-state index in [1.54, 1.807) is 6.20 Å². The van der Waals surface area contributed by atoms with Gasteiger partial charge in [0.2, 0.25) is 0 Å². The van der Waals surface area contributed by atoms with Gasteiger partial charge in [0.15, 0.2) is 6.29 Å². The van der Waals surface area contributed by atoms with Crippen molar-refractivity contribution in [3.05, 3.63) is 64.8 Å². The minimum Gasteiger partial charge on any atom is -0.388 e. The van der Waals surface area contributed by atoms with Crippen molar-refractivity contribution in [1.29, 1.82) is 0 Å². The molecule has 0 saturated carbocycles. The van der Waals surface area contributed by atoms with E-state index in [0.29, 0.717) is 44.1 Å². The van der Waals surface area contributed by atoms with Gasteiger partial charge >= 0.3 is 0 Å². The second-order valence-electron chi connectivity index (χ2n) is 9.73. The molecular formula is C29H35N5O4. The molecule has 3 aromatic rings. The van der Waals surface area contributed by atoms with E-state index in [0.717, 1.165) is 66.0 Å². The summed E-state index contributed by atoms with van der Waals surface area (Å²) < 4.78 is 13.0. The average molecular weight is 518 g/mol. The van der Waals surface area contributed by atoms with Gasteiger partial charge in [-0.05, 0) is 49.1 Å². The van der Waals surface area contributed by atoms with Crippen molar-refractivity contribution in [2.45, 2.75) is 32.4 Å². The smallest absolute Gasteiger partial charge is 0.251 e. The third kappa shape index (κ3) is 5.30. The first-order valence-electron chi connectivity index (χ1n) is 13.2. The van der Waals surface area contributed by atoms with E-state index in [-0.39, 0.29) is 11.9 Å². The van der Waals surface area contributed by atoms with E-state index in [9.17, 15) is 9.59 Å². The highest BCUT2D eigenvalue weighted by atomic mass is 16.5. The molecule has 2 aliphatic heterocycles. The van der Waals surface area contributed by atoms with Crippen LogP contribution >= 0.6 is 0 Å². The normalized spacial score (nSPS) is 16.3. The molecule has 9 nitrogen and oxygen atoms in total. The van der Waals surface area contributed by atoms with Gasteiger partial charge in [0, 0.05) is 62.4 Å². The second-order valence-corrected chi connectivity index (χ2v) is 9.73. The minimum absolute atomic E-state index is 0.132. The van der Waals surface area contributed by atoms with Crippen LogP contribution < -0.4 is 15.5 Å². The number of aryl methyl sites for hydroxylation is 1. The molecule has 2 aliphatic rings. The summed E-state index contributed by atoms with van der Waals surface area (Å²) in [5, 5.41) is 10.9. The molecule has 2 fully saturated rings. The number of aromatic nitrogens is 2. The summed E-state index contributed by atoms with van der Waals surface area (Å²) >= 11 is 0. The fraction of sp³-hybridized carbons (Fsp3) is 0.414. The largest absolute Gasteiger partial charge is 0.388 e. The maximum atomic E-state index is 13.5. The summed E-state index contributed by atoms with van der Waals surface area (Å²) in [5.74, 6) is -0.159. The molecule has 5 rings (SSSR count). The summed E-state index contributed by atoms with van der Waals surface area (Å²) in [7, 11) is 1.84. The number of benzene rings is 2. The van der Waals surface area contributed by atoms with Gasteiger partial charge in [-0.2, -0.15) is 5.10 Å². The Balaban J connectivity index is 1.44. The van der Waals surface area contributed by atoms with Crippen molar-refractivity contribution in [1.82, 2.24) is 15.1 Å². The summed E-state index contributed by atoms with van der Waals surface area (Å²) in [4.78, 5) is 27.8. The maximum absolute atomic E-state index is 13.5. The molecule has 2 saturated heterocycles. The lowest BCUT2D eigenvalue weighted by Crippen LogP contribution is -2.37. The molecule has 200 valence electrons. The molecule has 0 bridgehead atoms. The molecule has 1 amide bonds. The Labute approximate surface area is 223 Å². The Morgan fingerprint density at radius 2 is 1.84 bits per heavy atom. The van der Waals surface area contributed by atoms with Crippen LogP contribution in [-0.4, -0.2) is 68.5 Å². The van der Waals surface area contributed by atoms with Crippen molar-refractivity contribution in [3.63, 3.8) is 0 Å². The monoisotopic (exact) mass is 517 g/mol. The first kappa shape index (κ1) is 25.9. The predicted octanol–water partition coefficient (Wildman–Crippen LogP) is 3.83. The fourth-order valence-electron chi connectivity index (χ4n) is 5.35. The molecule has 2 N–H and O–H groups in total. The Kier molecular flexibility index (Phi) is 8.05. The molecule has 38 heavy (non-hydrogen) atoms. The SMILES string of the molecule is CNc1cc(C)c(C(=O)NCc2ccccc2N2CCOCC2)cc1-c1c(C=O)cnn1C1CCOCC1. The molecule has 0 aliphatic carbocycles. The first-order valence-corrected chi connectivity index (χ1v) is 13.2. The Bertz CT molecular complexity index is 1290. The lowest BCUT2D eigenvalue weighted by Gasteiger charge is -2.30. The predicted molar refractivity (Wildman–Crippen MR) is 147 cm³/mol. The van der Waals surface area contributed by atoms with Gasteiger partial charge in [-0.3, -0.25) is 14.3 Å². The number of morpholine rings is 1. The van der Waals surface area contributed by atoms with E-state index in [2.05, 4.69) is 32.8 Å². The number of carbonyl (C=O) groups excluding carboxylic acids is 2. The third-order valence-electron chi connectivity index (χ3n) is 7.40. The van der Waals surface area contributed by atoms with E-state index >= 15 is 0 Å². The molecule has 2 aromatic carbocycles. The fourth-order valence-corrected chi connectivity index (χ4v) is 5.35. The number of rotatable bonds is 8. The Hall–Kier alpha value is -3.69. The number of amides is 1. The highest BCUT2D eigenvalue weighted by Gasteiger charge is 2.25. The average Bonchev–Trinajstić information content (AvgIpc) is 3.41. The molecule has 0 unspecified atom stereocenters. The molecular weight excluding hydrogens is 482 g/mol. The van der Waals surface area contributed by atoms with E-state index < -0.39 is 0 Å². The van der Waals surface area contributed by atoms with Crippen molar-refractivity contribution >= 4 is 23.6 Å². The summed E-state index contributed by atoms with van der Waals surface area (Å²) in [6.45, 7) is 6.73. The summed E-state index contributed by atoms with van der Waals surface area (Å²) in [5.41, 5.74) is 6.45. The lowest BCUT2D eigenvalue weighted by molar-refractivity contribution is 0.0667. The van der Waals surface area contributed by atoms with Crippen LogP contribution in [0.1, 0.15) is 50.7 Å². The van der Waals surface area contributed by atoms with Gasteiger partial charge in [0.1, 0.15) is 0 Å². The topological polar surface area (TPSA) is 97.7 Å². The van der Waals surface area contributed by atoms with Crippen LogP contribution in [0, 0.1) is 6.92 Å². The second kappa shape index (κ2) is 11.8. The van der Waals surface area contributed by atoms with E-state index in [4.69, 9.17) is 9.47 Å². The Morgan fingerprint density at radius 1 is 1.11 bits per heavy atom. The third-order valence-corrected chi connectivity index (χ3v) is 7.40. The number of carbonyl (C=O) groups is 2. The number of para-hydroxylation sites is 1. The van der Waals surface area contributed by atoms with Crippen LogP contribution in [0.2, 0.25) is 0 Å². The lowest BCUT2D eigenvalue weighted by atomic mass is 9.97. The zero-order valence-corrected chi connectivity index (χ0v) is 22.0. The molecule has 0 radical (unpaired) electrons. The van der Waals surface area contributed by atoms with Crippen LogP contribution in [0.3, 0.4) is 0 Å². The van der Waals surface area contributed by atoms with Gasteiger partial charge in [0.25, 0.3) is 5.91 Å². The van der Waals surface area contributed by atoms with Gasteiger partial charge in [-0.15, -0.1) is 0 Å². The van der Waals surface area contributed by atoms with Crippen LogP contribution in [0.4, 0.5) is 11.4 Å². The van der Waals surface area contributed by atoms with Crippen LogP contribution in [0.25, 0.3) is 11.3 Å². The molecule has 1 aromatic heterocycles. The molecule has 9 heteroatoms. The van der Waals surface area contributed by atoms with Crippen LogP contribution in [-0.2, 0) is 16.0 Å². The number of hydrogen-bond acceptors (Lipinski definition) is 7. The standard InChI is InChI=1S/C29H35N5O4/c1-20-15-26(30-2)25(28-22(19-35)18-32-34(28)23-7-11-37-12-8-23)16-24(20)29(36)31-17-21-5-3-4-6-27(21)33-9-13-38-14-10-33/h3-6,15-16,18-19,23,30H,7-14,17H2,1-2H3,(H,31,36). The summed E-state index contributed by atoms with van der Waals surface area (Å²) in [6.07, 6.45) is 4.09. The van der Waals surface area contributed by atoms with E-state index in [1.807, 2.05) is 42.9 Å². The number of anilines is 2. The van der Waals surface area contributed by atoms with Crippen molar-refractivity contribution in [2.75, 3.05) is 56.8 Å². The number of nitrogens with one attached hydrogen (secondary N) is 2. The van der Waals surface area contributed by atoms with Gasteiger partial charge < -0.3 is 25.0 Å². The number of hydrogen-bond donors (Lipinski definition) is 2. The number of ether oxygens (including phenoxy) is 2. The van der Waals surface area contributed by atoms with Gasteiger partial charge in [-0.25, -0.2) is 0 Å². The molecule has 3 heterocycles. The molecule has 0 spiro atoms. The maximum Gasteiger partial charge on any atom is 0.251 e. The molecule has 0 atom stereocenters. The summed E-state index contributed by atoms with van der Waals surface area (Å²) in [6, 6.07) is 12.1. The van der Waals surface area contributed by atoms with E-state index in [1.165, 1.54) is 0 Å². The zero-order valence-electron chi connectivity index (χ0n) is 22.0. The highest BCUT2D eigenvalue weighted by Crippen LogP contribution is 2.36. The number of aldehydes is 1. The first-order chi connectivity index (χ1) is 18.6. The minimum atomic E-state index is -0.159. The van der Waals surface area contributed by atoms with Crippen molar-refractivity contribution in [2.24, 2.45) is 0 Å². The van der Waals surface area contributed by atoms with Gasteiger partial charge in [-0.1, -0.05) is 18.2 Å². The zero-order chi connectivity index (χ0) is 26.5. The number of nitrogens with zero attached hydrogens (tertiary/aromatic N) is 3. The van der Waals surface area contributed by atoms with Crippen LogP contribution in [0.5, 0.6) is 0 Å². The van der Waals surface area contributed by atoms with Crippen molar-refractivity contribution < 1.29 is 19.1 Å².